The second kappa shape index (κ2) is 2.99. The Morgan fingerprint density at radius 2 is 2.33 bits per heavy atom. The number of pyridine rings is 1. The van der Waals surface area contributed by atoms with Crippen LogP contribution in [0.4, 0.5) is 4.39 Å². The molecule has 5 heteroatoms. The minimum Gasteiger partial charge on any atom is -0.260 e. The van der Waals surface area contributed by atoms with Crippen LogP contribution in [0.3, 0.4) is 0 Å². The Bertz CT molecular complexity index is 413. The molecule has 62 valence electrons. The summed E-state index contributed by atoms with van der Waals surface area (Å²) in [4.78, 5) is 7.84. The first-order valence-electron chi connectivity index (χ1n) is 3.25. The fraction of sp³-hybridized carbons (Fsp3) is 0.143. The van der Waals surface area contributed by atoms with Gasteiger partial charge in [0.2, 0.25) is 0 Å². The smallest absolute Gasteiger partial charge is 0.168 e. The van der Waals surface area contributed by atoms with E-state index in [1.807, 2.05) is 6.26 Å². The molecule has 0 saturated heterocycles. The van der Waals surface area contributed by atoms with Crippen molar-refractivity contribution in [3.8, 4) is 0 Å². The third-order valence-electron chi connectivity index (χ3n) is 1.41. The minimum absolute atomic E-state index is 0.343. The van der Waals surface area contributed by atoms with Gasteiger partial charge in [-0.1, -0.05) is 11.8 Å². The lowest BCUT2D eigenvalue weighted by molar-refractivity contribution is 0.631. The van der Waals surface area contributed by atoms with Gasteiger partial charge in [-0.2, -0.15) is 0 Å². The number of thiazole rings is 1. The van der Waals surface area contributed by atoms with Crippen LogP contribution in [0.25, 0.3) is 10.2 Å². The molecule has 0 saturated carbocycles. The van der Waals surface area contributed by atoms with Gasteiger partial charge >= 0.3 is 0 Å². The predicted octanol–water partition coefficient (Wildman–Crippen LogP) is 2.55. The molecule has 12 heavy (non-hydrogen) atoms. The van der Waals surface area contributed by atoms with Gasteiger partial charge in [-0.25, -0.2) is 9.37 Å². The van der Waals surface area contributed by atoms with E-state index < -0.39 is 0 Å². The summed E-state index contributed by atoms with van der Waals surface area (Å²) in [6, 6.07) is 0. The average molecular weight is 200 g/mol. The summed E-state index contributed by atoms with van der Waals surface area (Å²) in [5.74, 6) is -0.343. The highest BCUT2D eigenvalue weighted by Gasteiger charge is 2.06. The van der Waals surface area contributed by atoms with Crippen LogP contribution in [0.5, 0.6) is 0 Å². The highest BCUT2D eigenvalue weighted by atomic mass is 32.2. The molecule has 2 heterocycles. The lowest BCUT2D eigenvalue weighted by atomic mass is 10.4. The van der Waals surface area contributed by atoms with Crippen LogP contribution >= 0.6 is 23.1 Å². The third kappa shape index (κ3) is 1.19. The van der Waals surface area contributed by atoms with E-state index in [4.69, 9.17) is 0 Å². The van der Waals surface area contributed by atoms with Crippen LogP contribution in [0, 0.1) is 5.82 Å². The number of aromatic nitrogens is 2. The van der Waals surface area contributed by atoms with Gasteiger partial charge in [-0.15, -0.1) is 11.3 Å². The zero-order valence-corrected chi connectivity index (χ0v) is 7.88. The number of rotatable bonds is 1. The fourth-order valence-electron chi connectivity index (χ4n) is 0.889. The SMILES string of the molecule is CSc1nc2c(F)cncc2s1. The van der Waals surface area contributed by atoms with Crippen molar-refractivity contribution < 1.29 is 4.39 Å². The van der Waals surface area contributed by atoms with E-state index in [1.54, 1.807) is 6.20 Å². The molecule has 0 amide bonds. The van der Waals surface area contributed by atoms with Gasteiger partial charge in [0.05, 0.1) is 10.9 Å². The molecule has 0 fully saturated rings. The second-order valence-corrected chi connectivity index (χ2v) is 4.24. The normalized spacial score (nSPS) is 10.8. The van der Waals surface area contributed by atoms with E-state index in [2.05, 4.69) is 9.97 Å². The zero-order valence-electron chi connectivity index (χ0n) is 6.24. The van der Waals surface area contributed by atoms with Crippen LogP contribution < -0.4 is 0 Å². The summed E-state index contributed by atoms with van der Waals surface area (Å²) in [6.45, 7) is 0. The van der Waals surface area contributed by atoms with Crippen molar-refractivity contribution in [1.29, 1.82) is 0 Å². The molecule has 0 radical (unpaired) electrons. The largest absolute Gasteiger partial charge is 0.260 e. The summed E-state index contributed by atoms with van der Waals surface area (Å²) in [6.07, 6.45) is 4.74. The van der Waals surface area contributed by atoms with E-state index in [-0.39, 0.29) is 5.82 Å². The van der Waals surface area contributed by atoms with Crippen molar-refractivity contribution >= 4 is 33.3 Å². The maximum Gasteiger partial charge on any atom is 0.168 e. The maximum absolute atomic E-state index is 13.0. The number of thioether (sulfide) groups is 1. The van der Waals surface area contributed by atoms with Crippen LogP contribution in [0.1, 0.15) is 0 Å². The van der Waals surface area contributed by atoms with Gasteiger partial charge in [0, 0.05) is 6.20 Å². The van der Waals surface area contributed by atoms with Gasteiger partial charge in [-0.3, -0.25) is 4.98 Å². The highest BCUT2D eigenvalue weighted by Crippen LogP contribution is 2.28. The first-order valence-corrected chi connectivity index (χ1v) is 5.29. The molecule has 2 aromatic rings. The zero-order chi connectivity index (χ0) is 8.55. The van der Waals surface area contributed by atoms with Gasteiger partial charge in [-0.05, 0) is 6.26 Å². The first kappa shape index (κ1) is 7.94. The average Bonchev–Trinajstić information content (AvgIpc) is 2.49. The minimum atomic E-state index is -0.343. The molecule has 0 bridgehead atoms. The summed E-state index contributed by atoms with van der Waals surface area (Å²) in [7, 11) is 0. The molecule has 2 nitrogen and oxygen atoms in total. The standard InChI is InChI=1S/C7H5FN2S2/c1-11-7-10-6-4(8)2-9-3-5(6)12-7/h2-3H,1H3. The maximum atomic E-state index is 13.0. The molecular weight excluding hydrogens is 195 g/mol. The van der Waals surface area contributed by atoms with Crippen molar-refractivity contribution in [3.05, 3.63) is 18.2 Å². The van der Waals surface area contributed by atoms with E-state index in [0.717, 1.165) is 9.04 Å². The van der Waals surface area contributed by atoms with Crippen LogP contribution in [0.15, 0.2) is 16.7 Å². The number of hydrogen-bond acceptors (Lipinski definition) is 4. The molecule has 0 aromatic carbocycles. The van der Waals surface area contributed by atoms with Crippen molar-refractivity contribution in [1.82, 2.24) is 9.97 Å². The molecule has 0 N–H and O–H groups in total. The van der Waals surface area contributed by atoms with E-state index in [1.165, 1.54) is 29.3 Å². The van der Waals surface area contributed by atoms with Crippen molar-refractivity contribution in [2.75, 3.05) is 6.26 Å². The molecule has 0 aliphatic heterocycles. The topological polar surface area (TPSA) is 25.8 Å². The highest BCUT2D eigenvalue weighted by molar-refractivity contribution is 8.00. The first-order chi connectivity index (χ1) is 5.81. The number of hydrogen-bond donors (Lipinski definition) is 0. The van der Waals surface area contributed by atoms with Crippen LogP contribution in [0.2, 0.25) is 0 Å². The molecule has 0 unspecified atom stereocenters. The van der Waals surface area contributed by atoms with Gasteiger partial charge in [0.25, 0.3) is 0 Å². The fourth-order valence-corrected chi connectivity index (χ4v) is 2.35. The number of fused-ring (bicyclic) bond motifs is 1. The lowest BCUT2D eigenvalue weighted by Gasteiger charge is -1.85. The molecule has 0 aliphatic carbocycles. The van der Waals surface area contributed by atoms with Crippen molar-refractivity contribution in [3.63, 3.8) is 0 Å². The van der Waals surface area contributed by atoms with Gasteiger partial charge in [0.1, 0.15) is 5.52 Å². The Kier molecular flexibility index (Phi) is 1.98. The summed E-state index contributed by atoms with van der Waals surface area (Å²) < 4.78 is 14.7. The molecular formula is C7H5FN2S2. The summed E-state index contributed by atoms with van der Waals surface area (Å²) >= 11 is 2.98. The molecule has 0 aliphatic rings. The Balaban J connectivity index is 2.74. The quantitative estimate of drug-likeness (QED) is 0.662. The van der Waals surface area contributed by atoms with E-state index in [0.29, 0.717) is 5.52 Å². The molecule has 0 spiro atoms. The predicted molar refractivity (Wildman–Crippen MR) is 49.2 cm³/mol. The van der Waals surface area contributed by atoms with Crippen molar-refractivity contribution in [2.24, 2.45) is 0 Å². The lowest BCUT2D eigenvalue weighted by Crippen LogP contribution is -1.78. The number of halogens is 1. The second-order valence-electron chi connectivity index (χ2n) is 2.15. The molecule has 0 atom stereocenters. The van der Waals surface area contributed by atoms with Crippen molar-refractivity contribution in [2.45, 2.75) is 4.34 Å². The Labute approximate surface area is 76.8 Å². The Morgan fingerprint density at radius 1 is 1.50 bits per heavy atom. The Hall–Kier alpha value is -0.680. The molecule has 2 aromatic heterocycles. The van der Waals surface area contributed by atoms with Crippen LogP contribution in [-0.4, -0.2) is 16.2 Å². The van der Waals surface area contributed by atoms with E-state index >= 15 is 0 Å². The van der Waals surface area contributed by atoms with E-state index in [9.17, 15) is 4.39 Å². The molecule has 2 rings (SSSR count). The third-order valence-corrected chi connectivity index (χ3v) is 3.39. The summed E-state index contributed by atoms with van der Waals surface area (Å²) in [5.41, 5.74) is 0.430. The van der Waals surface area contributed by atoms with Gasteiger partial charge < -0.3 is 0 Å². The summed E-state index contributed by atoms with van der Waals surface area (Å²) in [5, 5.41) is 0. The Morgan fingerprint density at radius 3 is 3.00 bits per heavy atom. The van der Waals surface area contributed by atoms with Crippen LogP contribution in [-0.2, 0) is 0 Å². The number of nitrogens with zero attached hydrogens (tertiary/aromatic N) is 2. The monoisotopic (exact) mass is 200 g/mol. The van der Waals surface area contributed by atoms with Gasteiger partial charge in [0.15, 0.2) is 10.2 Å².